The quantitative estimate of drug-likeness (QED) is 0.0453. The second-order valence-corrected chi connectivity index (χ2v) is 11.9. The van der Waals surface area contributed by atoms with Crippen molar-refractivity contribution in [1.82, 2.24) is 20.2 Å². The van der Waals surface area contributed by atoms with E-state index in [0.717, 1.165) is 5.56 Å². The van der Waals surface area contributed by atoms with Crippen LogP contribution >= 0.6 is 0 Å². The van der Waals surface area contributed by atoms with Gasteiger partial charge in [0.2, 0.25) is 5.91 Å². The average molecular weight is 811 g/mol. The minimum Gasteiger partial charge on any atom is -0.508 e. The Bertz CT molecular complexity index is 2120. The number of carbonyl (C=O) groups excluding carboxylic acids is 2. The lowest BCUT2D eigenvalue weighted by Gasteiger charge is -2.17. The van der Waals surface area contributed by atoms with Crippen LogP contribution in [0, 0.1) is 5.41 Å². The van der Waals surface area contributed by atoms with E-state index >= 15 is 0 Å². The van der Waals surface area contributed by atoms with Crippen LogP contribution in [0.5, 0.6) is 5.75 Å². The molecule has 4 aromatic rings. The maximum atomic E-state index is 13.5. The van der Waals surface area contributed by atoms with Crippen LogP contribution in [0.1, 0.15) is 40.9 Å². The monoisotopic (exact) mass is 810 g/mol. The number of alkyl halides is 6. The van der Waals surface area contributed by atoms with Gasteiger partial charge in [-0.05, 0) is 55.3 Å². The number of amidine groups is 1. The van der Waals surface area contributed by atoms with E-state index < -0.39 is 41.7 Å². The van der Waals surface area contributed by atoms with Crippen LogP contribution in [-0.4, -0.2) is 72.9 Å². The topological polar surface area (TPSA) is 276 Å². The first-order chi connectivity index (χ1) is 26.4. The van der Waals surface area contributed by atoms with Gasteiger partial charge in [-0.25, -0.2) is 14.6 Å². The SMILES string of the molecule is CC(C)Nc1ncc(-c2cc(N)cc(C(=O)NCc3cccc(O)c3)c2)n(CC(=O)NCc2ccc(C(=N)N)cc2)c1=O.O=C(O)C(F)(F)F.O=C(O)C(F)(F)F. The zero-order valence-corrected chi connectivity index (χ0v) is 29.8. The summed E-state index contributed by atoms with van der Waals surface area (Å²) >= 11 is 0. The molecule has 0 unspecified atom stereocenters. The minimum absolute atomic E-state index is 0.0512. The zero-order chi connectivity index (χ0) is 43.2. The molecule has 0 aliphatic carbocycles. The molecule has 57 heavy (non-hydrogen) atoms. The number of amides is 2. The van der Waals surface area contributed by atoms with Gasteiger partial charge >= 0.3 is 24.3 Å². The van der Waals surface area contributed by atoms with Gasteiger partial charge in [-0.15, -0.1) is 0 Å². The highest BCUT2D eigenvalue weighted by atomic mass is 19.4. The summed E-state index contributed by atoms with van der Waals surface area (Å²) in [5.41, 5.74) is 14.5. The Morgan fingerprint density at radius 2 is 1.40 bits per heavy atom. The molecular weight excluding hydrogens is 774 g/mol. The normalized spacial score (nSPS) is 10.9. The van der Waals surface area contributed by atoms with Gasteiger partial charge in [0, 0.05) is 41.5 Å². The van der Waals surface area contributed by atoms with Crippen LogP contribution in [0.3, 0.4) is 0 Å². The molecule has 3 aromatic carbocycles. The third-order valence-electron chi connectivity index (χ3n) is 6.90. The molecule has 0 aliphatic rings. The molecule has 0 spiro atoms. The molecule has 0 aliphatic heterocycles. The van der Waals surface area contributed by atoms with Gasteiger partial charge in [0.25, 0.3) is 11.5 Å². The number of halogens is 6. The van der Waals surface area contributed by atoms with E-state index in [0.29, 0.717) is 22.4 Å². The number of hydrogen-bond donors (Lipinski definition) is 9. The molecule has 1 heterocycles. The first kappa shape index (κ1) is 46.0. The van der Waals surface area contributed by atoms with E-state index in [2.05, 4.69) is 20.9 Å². The fraction of sp³-hybridized carbons (Fsp3) is 0.229. The predicted octanol–water partition coefficient (Wildman–Crippen LogP) is 3.82. The molecule has 1 aromatic heterocycles. The molecule has 0 radical (unpaired) electrons. The molecule has 0 saturated heterocycles. The second kappa shape index (κ2) is 20.0. The van der Waals surface area contributed by atoms with Crippen molar-refractivity contribution in [2.45, 2.75) is 51.9 Å². The van der Waals surface area contributed by atoms with Crippen molar-refractivity contribution in [2.24, 2.45) is 5.73 Å². The van der Waals surface area contributed by atoms with Crippen LogP contribution in [0.2, 0.25) is 0 Å². The second-order valence-electron chi connectivity index (χ2n) is 11.9. The standard InChI is InChI=1S/C31H34N8O4.2C2HF3O2/c1-18(2)38-29-31(43)39(17-27(41)35-14-19-6-8-21(9-7-19)28(33)34)26(16-36-29)22-11-23(13-24(32)12-22)30(42)37-15-20-4-3-5-25(40)10-20;2*3-2(4,5)1(6)7/h3-13,16,18,40H,14-15,17,32H2,1-2H3,(H3,33,34)(H,35,41)(H,36,38)(H,37,42);2*(H,6,7). The molecule has 0 atom stereocenters. The summed E-state index contributed by atoms with van der Waals surface area (Å²) in [5, 5.41) is 40.1. The maximum Gasteiger partial charge on any atom is 0.490 e. The van der Waals surface area contributed by atoms with Gasteiger partial charge in [0.05, 0.1) is 11.9 Å². The smallest absolute Gasteiger partial charge is 0.490 e. The lowest BCUT2D eigenvalue weighted by molar-refractivity contribution is -0.193. The predicted molar refractivity (Wildman–Crippen MR) is 193 cm³/mol. The van der Waals surface area contributed by atoms with Crippen LogP contribution in [0.15, 0.2) is 77.7 Å². The van der Waals surface area contributed by atoms with Crippen molar-refractivity contribution < 1.29 is 60.8 Å². The highest BCUT2D eigenvalue weighted by molar-refractivity contribution is 5.96. The number of aromatic hydroxyl groups is 1. The fourth-order valence-corrected chi connectivity index (χ4v) is 4.33. The number of phenolic OH excluding ortho intramolecular Hbond substituents is 1. The first-order valence-electron chi connectivity index (χ1n) is 16.0. The summed E-state index contributed by atoms with van der Waals surface area (Å²) in [7, 11) is 0. The number of nitrogens with two attached hydrogens (primary N) is 2. The number of aliphatic carboxylic acids is 2. The van der Waals surface area contributed by atoms with E-state index in [-0.39, 0.29) is 54.3 Å². The van der Waals surface area contributed by atoms with Gasteiger partial charge in [-0.3, -0.25) is 24.4 Å². The van der Waals surface area contributed by atoms with Crippen LogP contribution in [0.4, 0.5) is 37.8 Å². The number of rotatable bonds is 11. The largest absolute Gasteiger partial charge is 0.508 e. The number of benzene rings is 3. The Balaban J connectivity index is 0.000000682. The van der Waals surface area contributed by atoms with Crippen molar-refractivity contribution in [3.8, 4) is 17.0 Å². The van der Waals surface area contributed by atoms with Crippen molar-refractivity contribution >= 4 is 41.1 Å². The number of nitrogens with one attached hydrogen (secondary N) is 4. The Morgan fingerprint density at radius 1 is 0.842 bits per heavy atom. The van der Waals surface area contributed by atoms with E-state index in [4.69, 9.17) is 36.7 Å². The Labute approximate surface area is 318 Å². The highest BCUT2D eigenvalue weighted by Crippen LogP contribution is 2.24. The van der Waals surface area contributed by atoms with Gasteiger partial charge in [0.15, 0.2) is 5.82 Å². The minimum atomic E-state index is -5.08. The Kier molecular flexibility index (Phi) is 16.1. The van der Waals surface area contributed by atoms with Crippen molar-refractivity contribution in [3.63, 3.8) is 0 Å². The summed E-state index contributed by atoms with van der Waals surface area (Å²) < 4.78 is 64.8. The summed E-state index contributed by atoms with van der Waals surface area (Å²) in [6.07, 6.45) is -8.71. The van der Waals surface area contributed by atoms with Gasteiger partial charge in [-0.2, -0.15) is 26.3 Å². The number of nitrogens with zero attached hydrogens (tertiary/aromatic N) is 2. The molecule has 0 saturated carbocycles. The van der Waals surface area contributed by atoms with E-state index in [9.17, 15) is 45.8 Å². The van der Waals surface area contributed by atoms with E-state index in [1.807, 2.05) is 13.8 Å². The third-order valence-corrected chi connectivity index (χ3v) is 6.90. The molecule has 0 bridgehead atoms. The summed E-state index contributed by atoms with van der Waals surface area (Å²) in [6, 6.07) is 18.0. The first-order valence-corrected chi connectivity index (χ1v) is 16.0. The highest BCUT2D eigenvalue weighted by Gasteiger charge is 2.38. The number of anilines is 2. The Morgan fingerprint density at radius 3 is 1.91 bits per heavy atom. The molecule has 22 heteroatoms. The molecular formula is C35H36F6N8O8. The number of phenols is 1. The van der Waals surface area contributed by atoms with Crippen molar-refractivity contribution in [2.75, 3.05) is 11.1 Å². The van der Waals surface area contributed by atoms with Crippen molar-refractivity contribution in [1.29, 1.82) is 5.41 Å². The molecule has 306 valence electrons. The van der Waals surface area contributed by atoms with Gasteiger partial charge < -0.3 is 42.7 Å². The molecule has 0 fully saturated rings. The van der Waals surface area contributed by atoms with E-state index in [1.54, 1.807) is 54.6 Å². The number of carboxylic acid groups (broad SMARTS) is 2. The summed E-state index contributed by atoms with van der Waals surface area (Å²) in [6.45, 7) is 3.79. The molecule has 16 nitrogen and oxygen atoms in total. The number of carboxylic acids is 2. The lowest BCUT2D eigenvalue weighted by atomic mass is 10.1. The molecule has 2 amide bonds. The number of hydrogen-bond acceptors (Lipinski definition) is 10. The number of aromatic nitrogens is 2. The Hall–Kier alpha value is -7.13. The van der Waals surface area contributed by atoms with Gasteiger partial charge in [-0.1, -0.05) is 36.4 Å². The van der Waals surface area contributed by atoms with Crippen LogP contribution in [0.25, 0.3) is 11.3 Å². The third kappa shape index (κ3) is 15.3. The summed E-state index contributed by atoms with van der Waals surface area (Å²) in [5.74, 6) is -6.23. The molecule has 11 N–H and O–H groups in total. The fourth-order valence-electron chi connectivity index (χ4n) is 4.33. The molecule has 4 rings (SSSR count). The van der Waals surface area contributed by atoms with Crippen LogP contribution < -0.4 is 33.0 Å². The maximum absolute atomic E-state index is 13.5. The zero-order valence-electron chi connectivity index (χ0n) is 29.8. The number of carbonyl (C=O) groups is 4. The van der Waals surface area contributed by atoms with Crippen molar-refractivity contribution in [3.05, 3.63) is 106 Å². The summed E-state index contributed by atoms with van der Waals surface area (Å²) in [4.78, 5) is 61.6. The van der Waals surface area contributed by atoms with Gasteiger partial charge in [0.1, 0.15) is 18.1 Å². The average Bonchev–Trinajstić information content (AvgIpc) is 3.11. The lowest BCUT2D eigenvalue weighted by Crippen LogP contribution is -2.35. The van der Waals surface area contributed by atoms with E-state index in [1.165, 1.54) is 22.9 Å². The number of nitrogen functional groups attached to an aromatic ring is 2. The van der Waals surface area contributed by atoms with Crippen LogP contribution in [-0.2, 0) is 34.0 Å².